The first-order valence-corrected chi connectivity index (χ1v) is 6.15. The number of anilines is 2. The van der Waals surface area contributed by atoms with Crippen molar-refractivity contribution < 1.29 is 0 Å². The minimum Gasteiger partial charge on any atom is -0.396 e. The summed E-state index contributed by atoms with van der Waals surface area (Å²) >= 11 is 0. The quantitative estimate of drug-likeness (QED) is 0.841. The SMILES string of the molecule is CCCN(CC1CC1)c1ncc(C#N)cc1N. The molecule has 2 N–H and O–H groups in total. The summed E-state index contributed by atoms with van der Waals surface area (Å²) < 4.78 is 0. The van der Waals surface area contributed by atoms with Gasteiger partial charge in [-0.15, -0.1) is 0 Å². The van der Waals surface area contributed by atoms with Crippen LogP contribution in [0.5, 0.6) is 0 Å². The Morgan fingerprint density at radius 1 is 1.59 bits per heavy atom. The topological polar surface area (TPSA) is 65.9 Å². The van der Waals surface area contributed by atoms with E-state index in [9.17, 15) is 0 Å². The van der Waals surface area contributed by atoms with Crippen molar-refractivity contribution in [2.45, 2.75) is 26.2 Å². The van der Waals surface area contributed by atoms with Crippen LogP contribution >= 0.6 is 0 Å². The first kappa shape index (κ1) is 11.7. The lowest BCUT2D eigenvalue weighted by Crippen LogP contribution is -2.28. The zero-order valence-corrected chi connectivity index (χ0v) is 10.2. The predicted molar refractivity (Wildman–Crippen MR) is 68.6 cm³/mol. The summed E-state index contributed by atoms with van der Waals surface area (Å²) in [6.45, 7) is 4.16. The fraction of sp³-hybridized carbons (Fsp3) is 0.538. The average Bonchev–Trinajstić information content (AvgIpc) is 3.12. The fourth-order valence-corrected chi connectivity index (χ4v) is 1.97. The van der Waals surface area contributed by atoms with Gasteiger partial charge >= 0.3 is 0 Å². The Morgan fingerprint density at radius 3 is 2.88 bits per heavy atom. The van der Waals surface area contributed by atoms with Gasteiger partial charge in [-0.25, -0.2) is 4.98 Å². The maximum Gasteiger partial charge on any atom is 0.151 e. The minimum atomic E-state index is 0.522. The van der Waals surface area contributed by atoms with Gasteiger partial charge in [0.2, 0.25) is 0 Å². The van der Waals surface area contributed by atoms with Crippen molar-refractivity contribution in [3.05, 3.63) is 17.8 Å². The Morgan fingerprint density at radius 2 is 2.35 bits per heavy atom. The molecular formula is C13H18N4. The molecule has 0 saturated heterocycles. The van der Waals surface area contributed by atoms with Crippen molar-refractivity contribution in [3.8, 4) is 6.07 Å². The van der Waals surface area contributed by atoms with Gasteiger partial charge in [-0.05, 0) is 31.2 Å². The third kappa shape index (κ3) is 2.88. The van der Waals surface area contributed by atoms with Gasteiger partial charge in [0.05, 0.1) is 11.3 Å². The number of nitrogen functional groups attached to an aromatic ring is 1. The lowest BCUT2D eigenvalue weighted by Gasteiger charge is -2.24. The molecule has 4 heteroatoms. The van der Waals surface area contributed by atoms with Crippen LogP contribution < -0.4 is 10.6 Å². The minimum absolute atomic E-state index is 0.522. The molecule has 0 unspecified atom stereocenters. The highest BCUT2D eigenvalue weighted by molar-refractivity contribution is 5.64. The average molecular weight is 230 g/mol. The van der Waals surface area contributed by atoms with Crippen molar-refractivity contribution in [3.63, 3.8) is 0 Å². The predicted octanol–water partition coefficient (Wildman–Crippen LogP) is 2.16. The van der Waals surface area contributed by atoms with Gasteiger partial charge in [0, 0.05) is 19.3 Å². The molecule has 4 nitrogen and oxygen atoms in total. The van der Waals surface area contributed by atoms with Crippen LogP contribution in [0.3, 0.4) is 0 Å². The smallest absolute Gasteiger partial charge is 0.151 e. The third-order valence-electron chi connectivity index (χ3n) is 2.99. The molecule has 1 heterocycles. The van der Waals surface area contributed by atoms with Crippen LogP contribution in [0.4, 0.5) is 11.5 Å². The van der Waals surface area contributed by atoms with Crippen LogP contribution in [-0.2, 0) is 0 Å². The lowest BCUT2D eigenvalue weighted by molar-refractivity contribution is 0.700. The van der Waals surface area contributed by atoms with Crippen molar-refractivity contribution in [2.24, 2.45) is 5.92 Å². The van der Waals surface area contributed by atoms with Crippen LogP contribution in [0.25, 0.3) is 0 Å². The zero-order valence-electron chi connectivity index (χ0n) is 10.2. The first-order valence-electron chi connectivity index (χ1n) is 6.15. The number of aromatic nitrogens is 1. The maximum absolute atomic E-state index is 8.79. The number of nitriles is 1. The molecule has 0 aliphatic heterocycles. The van der Waals surface area contributed by atoms with Crippen molar-refractivity contribution in [1.82, 2.24) is 4.98 Å². The normalized spacial score (nSPS) is 14.4. The third-order valence-corrected chi connectivity index (χ3v) is 2.99. The Hall–Kier alpha value is -1.76. The van der Waals surface area contributed by atoms with E-state index < -0.39 is 0 Å². The summed E-state index contributed by atoms with van der Waals surface area (Å²) in [5, 5.41) is 8.79. The van der Waals surface area contributed by atoms with Gasteiger partial charge in [-0.2, -0.15) is 5.26 Å². The van der Waals surface area contributed by atoms with E-state index in [-0.39, 0.29) is 0 Å². The van der Waals surface area contributed by atoms with Gasteiger partial charge in [0.25, 0.3) is 0 Å². The van der Waals surface area contributed by atoms with E-state index in [1.54, 1.807) is 12.3 Å². The molecule has 17 heavy (non-hydrogen) atoms. The largest absolute Gasteiger partial charge is 0.396 e. The summed E-state index contributed by atoms with van der Waals surface area (Å²) in [7, 11) is 0. The molecule has 1 aliphatic carbocycles. The highest BCUT2D eigenvalue weighted by Crippen LogP contribution is 2.32. The molecule has 0 atom stereocenters. The van der Waals surface area contributed by atoms with Gasteiger partial charge in [-0.3, -0.25) is 0 Å². The molecule has 1 fully saturated rings. The molecule has 0 bridgehead atoms. The van der Waals surface area contributed by atoms with Crippen LogP contribution in [0.1, 0.15) is 31.7 Å². The summed E-state index contributed by atoms with van der Waals surface area (Å²) in [5.74, 6) is 1.64. The van der Waals surface area contributed by atoms with E-state index >= 15 is 0 Å². The fourth-order valence-electron chi connectivity index (χ4n) is 1.97. The van der Waals surface area contributed by atoms with Crippen molar-refractivity contribution in [2.75, 3.05) is 23.7 Å². The van der Waals surface area contributed by atoms with Crippen molar-refractivity contribution in [1.29, 1.82) is 5.26 Å². The van der Waals surface area contributed by atoms with Gasteiger partial charge in [0.1, 0.15) is 6.07 Å². The molecule has 90 valence electrons. The Bertz CT molecular complexity index is 432. The molecule has 0 radical (unpaired) electrons. The van der Waals surface area contributed by atoms with E-state index in [0.29, 0.717) is 11.3 Å². The summed E-state index contributed by atoms with van der Waals surface area (Å²) in [6, 6.07) is 3.76. The van der Waals surface area contributed by atoms with E-state index in [1.165, 1.54) is 12.8 Å². The summed E-state index contributed by atoms with van der Waals surface area (Å²) in [4.78, 5) is 6.57. The Balaban J connectivity index is 2.18. The van der Waals surface area contributed by atoms with Gasteiger partial charge < -0.3 is 10.6 Å². The van der Waals surface area contributed by atoms with Crippen LogP contribution in [0.15, 0.2) is 12.3 Å². The Kier molecular flexibility index (Phi) is 3.48. The number of nitrogens with two attached hydrogens (primary N) is 1. The lowest BCUT2D eigenvalue weighted by atomic mass is 10.2. The van der Waals surface area contributed by atoms with Crippen LogP contribution in [0, 0.1) is 17.2 Å². The molecular weight excluding hydrogens is 212 g/mol. The highest BCUT2D eigenvalue weighted by Gasteiger charge is 2.25. The molecule has 0 aromatic carbocycles. The number of nitrogens with zero attached hydrogens (tertiary/aromatic N) is 3. The second-order valence-corrected chi connectivity index (χ2v) is 4.64. The second-order valence-electron chi connectivity index (χ2n) is 4.64. The van der Waals surface area contributed by atoms with E-state index in [0.717, 1.165) is 31.2 Å². The molecule has 1 saturated carbocycles. The van der Waals surface area contributed by atoms with Gasteiger partial charge in [-0.1, -0.05) is 6.92 Å². The molecule has 1 aromatic rings. The van der Waals surface area contributed by atoms with E-state index in [4.69, 9.17) is 11.0 Å². The summed E-state index contributed by atoms with van der Waals surface area (Å²) in [5.41, 5.74) is 7.10. The van der Waals surface area contributed by atoms with Crippen LogP contribution in [-0.4, -0.2) is 18.1 Å². The van der Waals surface area contributed by atoms with E-state index in [2.05, 4.69) is 22.9 Å². The molecule has 0 spiro atoms. The molecule has 1 aliphatic rings. The number of pyridine rings is 1. The zero-order chi connectivity index (χ0) is 12.3. The number of hydrogen-bond acceptors (Lipinski definition) is 4. The van der Waals surface area contributed by atoms with E-state index in [1.807, 2.05) is 0 Å². The first-order chi connectivity index (χ1) is 8.24. The maximum atomic E-state index is 8.79. The standard InChI is InChI=1S/C13H18N4/c1-2-5-17(9-10-3-4-10)13-12(15)6-11(7-14)8-16-13/h6,8,10H,2-5,9,15H2,1H3. The van der Waals surface area contributed by atoms with Gasteiger partial charge in [0.15, 0.2) is 5.82 Å². The molecule has 2 rings (SSSR count). The number of rotatable bonds is 5. The highest BCUT2D eigenvalue weighted by atomic mass is 15.2. The molecule has 1 aromatic heterocycles. The second kappa shape index (κ2) is 5.05. The summed E-state index contributed by atoms with van der Waals surface area (Å²) in [6.07, 6.45) is 5.31. The monoisotopic (exact) mass is 230 g/mol. The molecule has 0 amide bonds. The Labute approximate surface area is 102 Å². The number of hydrogen-bond donors (Lipinski definition) is 1. The van der Waals surface area contributed by atoms with Crippen molar-refractivity contribution >= 4 is 11.5 Å². The van der Waals surface area contributed by atoms with Crippen LogP contribution in [0.2, 0.25) is 0 Å².